The molecule has 3 aromatic rings. The van der Waals surface area contributed by atoms with E-state index < -0.39 is 6.10 Å². The van der Waals surface area contributed by atoms with E-state index in [1.54, 1.807) is 19.3 Å². The Morgan fingerprint density at radius 1 is 1.30 bits per heavy atom. The van der Waals surface area contributed by atoms with Crippen LogP contribution >= 0.6 is 0 Å². The third-order valence-corrected chi connectivity index (χ3v) is 6.15. The summed E-state index contributed by atoms with van der Waals surface area (Å²) in [7, 11) is 0. The first-order valence-electron chi connectivity index (χ1n) is 10.4. The lowest BCUT2D eigenvalue weighted by Crippen LogP contribution is -2.22. The number of nitrogens with two attached hydrogens (primary N) is 1. The van der Waals surface area contributed by atoms with Crippen LogP contribution in [0.15, 0.2) is 47.2 Å². The second-order valence-corrected chi connectivity index (χ2v) is 8.09. The van der Waals surface area contributed by atoms with Crippen molar-refractivity contribution in [2.45, 2.75) is 19.1 Å². The molecule has 4 N–H and O–H groups in total. The van der Waals surface area contributed by atoms with E-state index in [1.165, 1.54) is 0 Å². The molecule has 1 aliphatic carbocycles. The van der Waals surface area contributed by atoms with Gasteiger partial charge in [-0.25, -0.2) is 4.98 Å². The van der Waals surface area contributed by atoms with Gasteiger partial charge in [0, 0.05) is 42.0 Å². The molecule has 5 rings (SSSR count). The second-order valence-electron chi connectivity index (χ2n) is 8.09. The average molecular weight is 403 g/mol. The molecule has 4 atom stereocenters. The molecule has 2 aromatic heterocycles. The van der Waals surface area contributed by atoms with E-state index in [2.05, 4.69) is 27.3 Å². The number of aromatic nitrogens is 3. The topological polar surface area (TPSA) is 102 Å². The van der Waals surface area contributed by atoms with Crippen LogP contribution in [0.25, 0.3) is 11.3 Å². The predicted octanol–water partition coefficient (Wildman–Crippen LogP) is 1.96. The third-order valence-electron chi connectivity index (χ3n) is 6.15. The fourth-order valence-corrected chi connectivity index (χ4v) is 4.39. The number of benzene rings is 1. The molecule has 7 heteroatoms. The van der Waals surface area contributed by atoms with Crippen molar-refractivity contribution < 1.29 is 9.63 Å². The van der Waals surface area contributed by atoms with Gasteiger partial charge >= 0.3 is 0 Å². The zero-order valence-corrected chi connectivity index (χ0v) is 16.8. The van der Waals surface area contributed by atoms with E-state index >= 15 is 0 Å². The summed E-state index contributed by atoms with van der Waals surface area (Å²) in [6, 6.07) is 9.67. The van der Waals surface area contributed by atoms with Crippen LogP contribution < -0.4 is 11.1 Å². The number of fused-ring (bicyclic) bond motifs is 1. The van der Waals surface area contributed by atoms with Crippen LogP contribution in [0.3, 0.4) is 0 Å². The Hall–Kier alpha value is -2.92. The van der Waals surface area contributed by atoms with Crippen molar-refractivity contribution in [3.05, 3.63) is 59.8 Å². The smallest absolute Gasteiger partial charge is 0.167 e. The molecular weight excluding hydrogens is 378 g/mol. The van der Waals surface area contributed by atoms with Crippen LogP contribution in [0.4, 0.5) is 0 Å². The summed E-state index contributed by atoms with van der Waals surface area (Å²) in [4.78, 5) is 4.22. The lowest BCUT2D eigenvalue weighted by atomic mass is 10.1. The summed E-state index contributed by atoms with van der Waals surface area (Å²) in [5, 5.41) is 17.6. The molecule has 7 nitrogen and oxygen atoms in total. The van der Waals surface area contributed by atoms with E-state index in [0.29, 0.717) is 29.7 Å². The molecule has 30 heavy (non-hydrogen) atoms. The minimum Gasteiger partial charge on any atom is -0.385 e. The zero-order valence-electron chi connectivity index (χ0n) is 16.8. The number of aliphatic hydroxyl groups is 1. The number of imidazole rings is 1. The van der Waals surface area contributed by atoms with E-state index in [0.717, 1.165) is 36.1 Å². The molecule has 2 aliphatic rings. The number of nitrogens with one attached hydrogen (secondary N) is 1. The molecular formula is C23H25N5O2. The van der Waals surface area contributed by atoms with Gasteiger partial charge in [0.2, 0.25) is 0 Å². The van der Waals surface area contributed by atoms with Gasteiger partial charge in [-0.3, -0.25) is 0 Å². The summed E-state index contributed by atoms with van der Waals surface area (Å²) in [5.41, 5.74) is 8.64. The van der Waals surface area contributed by atoms with Gasteiger partial charge in [0.15, 0.2) is 5.76 Å². The van der Waals surface area contributed by atoms with Crippen molar-refractivity contribution in [2.24, 2.45) is 23.5 Å². The molecule has 0 bridgehead atoms. The van der Waals surface area contributed by atoms with Gasteiger partial charge in [-0.05, 0) is 56.1 Å². The highest BCUT2D eigenvalue weighted by Gasteiger charge is 2.51. The van der Waals surface area contributed by atoms with Gasteiger partial charge in [0.25, 0.3) is 0 Å². The van der Waals surface area contributed by atoms with Crippen LogP contribution in [-0.2, 0) is 0 Å². The molecule has 1 saturated carbocycles. The number of rotatable bonds is 5. The highest BCUT2D eigenvalue weighted by Crippen LogP contribution is 2.48. The molecule has 3 heterocycles. The average Bonchev–Trinajstić information content (AvgIpc) is 3.29. The lowest BCUT2D eigenvalue weighted by molar-refractivity contribution is 0.182. The maximum absolute atomic E-state index is 9.94. The molecule has 0 spiro atoms. The van der Waals surface area contributed by atoms with E-state index in [4.69, 9.17) is 10.3 Å². The van der Waals surface area contributed by atoms with Gasteiger partial charge < -0.3 is 25.2 Å². The van der Waals surface area contributed by atoms with Crippen LogP contribution in [-0.4, -0.2) is 39.4 Å². The molecule has 1 saturated heterocycles. The summed E-state index contributed by atoms with van der Waals surface area (Å²) in [6.07, 6.45) is 2.75. The second kappa shape index (κ2) is 7.73. The largest absolute Gasteiger partial charge is 0.385 e. The molecule has 0 amide bonds. The standard InChI is InChI=1S/C23H25N5O2/c1-14(29)23-26-8-9-28(23)21(11-24)20-10-22(30-27-20)16-5-2-15(3-6-16)4-7-17-18-12-25-13-19(17)18/h2-3,5-6,8-10,14,17-19,21,25,29H,11-13,24H2,1H3/t14-,17?,18?,19?,21+/m0/s1. The fraction of sp³-hybridized carbons (Fsp3) is 0.391. The Balaban J connectivity index is 1.32. The van der Waals surface area contributed by atoms with Gasteiger partial charge in [-0.1, -0.05) is 17.0 Å². The summed E-state index contributed by atoms with van der Waals surface area (Å²) >= 11 is 0. The predicted molar refractivity (Wildman–Crippen MR) is 112 cm³/mol. The van der Waals surface area contributed by atoms with Gasteiger partial charge in [-0.2, -0.15) is 0 Å². The van der Waals surface area contributed by atoms with Crippen LogP contribution in [0.2, 0.25) is 0 Å². The number of hydrogen-bond donors (Lipinski definition) is 3. The quantitative estimate of drug-likeness (QED) is 0.563. The molecule has 0 radical (unpaired) electrons. The van der Waals surface area contributed by atoms with Crippen molar-refractivity contribution in [3.8, 4) is 23.2 Å². The van der Waals surface area contributed by atoms with Crippen molar-refractivity contribution in [3.63, 3.8) is 0 Å². The Kier molecular flexibility index (Phi) is 4.91. The molecule has 2 unspecified atom stereocenters. The first-order valence-corrected chi connectivity index (χ1v) is 10.4. The fourth-order valence-electron chi connectivity index (χ4n) is 4.39. The monoisotopic (exact) mass is 403 g/mol. The Morgan fingerprint density at radius 2 is 2.07 bits per heavy atom. The Bertz CT molecular complexity index is 1080. The first kappa shape index (κ1) is 19.1. The van der Waals surface area contributed by atoms with Crippen LogP contribution in [0.1, 0.15) is 36.2 Å². The lowest BCUT2D eigenvalue weighted by Gasteiger charge is -2.17. The van der Waals surface area contributed by atoms with Crippen LogP contribution in [0.5, 0.6) is 0 Å². The molecule has 1 aliphatic heterocycles. The SMILES string of the molecule is C[C@H](O)c1nccn1[C@H](CN)c1cc(-c2ccc(C#CC3C4CNCC34)cc2)on1. The zero-order chi connectivity index (χ0) is 20.7. The minimum absolute atomic E-state index is 0.257. The Morgan fingerprint density at radius 3 is 2.77 bits per heavy atom. The molecule has 1 aromatic carbocycles. The summed E-state index contributed by atoms with van der Waals surface area (Å²) in [6.45, 7) is 4.21. The molecule has 154 valence electrons. The van der Waals surface area contributed by atoms with Gasteiger partial charge in [0.05, 0.1) is 6.04 Å². The van der Waals surface area contributed by atoms with Crippen molar-refractivity contribution in [1.82, 2.24) is 20.0 Å². The van der Waals surface area contributed by atoms with E-state index in [1.807, 2.05) is 34.9 Å². The summed E-state index contributed by atoms with van der Waals surface area (Å²) < 4.78 is 7.43. The first-order chi connectivity index (χ1) is 14.7. The van der Waals surface area contributed by atoms with E-state index in [-0.39, 0.29) is 6.04 Å². The highest BCUT2D eigenvalue weighted by atomic mass is 16.5. The number of aliphatic hydroxyl groups excluding tert-OH is 1. The highest BCUT2D eigenvalue weighted by molar-refractivity contribution is 5.59. The van der Waals surface area contributed by atoms with Crippen molar-refractivity contribution in [1.29, 1.82) is 0 Å². The van der Waals surface area contributed by atoms with Gasteiger partial charge in [-0.15, -0.1) is 0 Å². The number of hydrogen-bond acceptors (Lipinski definition) is 6. The van der Waals surface area contributed by atoms with Gasteiger partial charge in [0.1, 0.15) is 17.6 Å². The Labute approximate surface area is 175 Å². The third kappa shape index (κ3) is 3.43. The van der Waals surface area contributed by atoms with Crippen molar-refractivity contribution in [2.75, 3.05) is 19.6 Å². The normalized spacial score (nSPS) is 24.0. The minimum atomic E-state index is -0.694. The molecule has 2 fully saturated rings. The maximum Gasteiger partial charge on any atom is 0.167 e. The van der Waals surface area contributed by atoms with Crippen molar-refractivity contribution >= 4 is 0 Å². The van der Waals surface area contributed by atoms with Crippen LogP contribution in [0, 0.1) is 29.6 Å². The summed E-state index contributed by atoms with van der Waals surface area (Å²) in [5.74, 6) is 10.0. The number of nitrogens with zero attached hydrogens (tertiary/aromatic N) is 3. The number of piperidine rings is 1. The maximum atomic E-state index is 9.94. The van der Waals surface area contributed by atoms with E-state index in [9.17, 15) is 5.11 Å².